The third-order valence-electron chi connectivity index (χ3n) is 8.52. The van der Waals surface area contributed by atoms with E-state index in [1.807, 2.05) is 31.3 Å². The van der Waals surface area contributed by atoms with Crippen LogP contribution in [0.2, 0.25) is 0 Å². The van der Waals surface area contributed by atoms with Gasteiger partial charge in [0.1, 0.15) is 0 Å². The van der Waals surface area contributed by atoms with Crippen LogP contribution in [-0.4, -0.2) is 15.0 Å². The Morgan fingerprint density at radius 1 is 0.583 bits per heavy atom. The summed E-state index contributed by atoms with van der Waals surface area (Å²) in [6, 6.07) is 48.7. The molecule has 3 nitrogen and oxygen atoms in total. The number of rotatable bonds is 8. The van der Waals surface area contributed by atoms with Crippen LogP contribution in [-0.2, 0) is 0 Å². The third-order valence-corrected chi connectivity index (χ3v) is 8.52. The standard InChI is InChI=1S/C45H35N3/c1-3-11-33(40-16-10-29-46-31-40)20-19-32(2)43-30-44(48-45(47-43)39-27-21-35(22-28-39)34-12-5-4-6-13-34)38-25-23-37(24-26-38)42-18-9-15-36-14-7-8-17-41(36)42/h3-31H,1-2H3/b11-3-,32-19+,33-20+. The van der Waals surface area contributed by atoms with Crippen LogP contribution in [0.15, 0.2) is 176 Å². The Morgan fingerprint density at radius 3 is 2.04 bits per heavy atom. The Hall–Kier alpha value is -6.19. The maximum absolute atomic E-state index is 5.11. The van der Waals surface area contributed by atoms with E-state index in [-0.39, 0.29) is 0 Å². The van der Waals surface area contributed by atoms with Crippen molar-refractivity contribution in [2.75, 3.05) is 0 Å². The van der Waals surface area contributed by atoms with Crippen LogP contribution in [0, 0.1) is 0 Å². The SMILES string of the molecule is C\C=C/C(=C\C=C(/C)c1cc(-c2ccc(-c3cccc4ccccc34)cc2)nc(-c2ccc(-c3ccccc3)cc2)n1)c1cccnc1. The fraction of sp³-hybridized carbons (Fsp3) is 0.0444. The maximum atomic E-state index is 5.11. The van der Waals surface area contributed by atoms with E-state index >= 15 is 0 Å². The molecule has 0 saturated heterocycles. The van der Waals surface area contributed by atoms with Crippen LogP contribution < -0.4 is 0 Å². The van der Waals surface area contributed by atoms with Crippen molar-refractivity contribution in [3.05, 3.63) is 187 Å². The second-order valence-corrected chi connectivity index (χ2v) is 11.7. The molecule has 7 rings (SSSR count). The van der Waals surface area contributed by atoms with Crippen LogP contribution in [0.3, 0.4) is 0 Å². The number of hydrogen-bond acceptors (Lipinski definition) is 3. The highest BCUT2D eigenvalue weighted by molar-refractivity contribution is 5.96. The summed E-state index contributed by atoms with van der Waals surface area (Å²) < 4.78 is 0. The predicted octanol–water partition coefficient (Wildman–Crippen LogP) is 11.8. The van der Waals surface area contributed by atoms with Crippen molar-refractivity contribution >= 4 is 21.9 Å². The molecule has 0 N–H and O–H groups in total. The van der Waals surface area contributed by atoms with Gasteiger partial charge in [0, 0.05) is 23.5 Å². The molecule has 2 aromatic heterocycles. The lowest BCUT2D eigenvalue weighted by molar-refractivity contribution is 1.15. The van der Waals surface area contributed by atoms with Crippen LogP contribution >= 0.6 is 0 Å². The summed E-state index contributed by atoms with van der Waals surface area (Å²) in [4.78, 5) is 14.5. The summed E-state index contributed by atoms with van der Waals surface area (Å²) >= 11 is 0. The first kappa shape index (κ1) is 30.5. The minimum Gasteiger partial charge on any atom is -0.264 e. The Balaban J connectivity index is 1.29. The first-order valence-electron chi connectivity index (χ1n) is 16.2. The number of hydrogen-bond donors (Lipinski definition) is 0. The molecule has 2 heterocycles. The zero-order valence-corrected chi connectivity index (χ0v) is 27.1. The molecule has 230 valence electrons. The van der Waals surface area contributed by atoms with Gasteiger partial charge in [-0.15, -0.1) is 0 Å². The molecule has 0 radical (unpaired) electrons. The average molecular weight is 618 g/mol. The lowest BCUT2D eigenvalue weighted by Crippen LogP contribution is -1.97. The van der Waals surface area contributed by atoms with Gasteiger partial charge in [0.2, 0.25) is 0 Å². The molecule has 0 aliphatic heterocycles. The number of allylic oxidation sites excluding steroid dienone is 6. The minimum absolute atomic E-state index is 0.693. The van der Waals surface area contributed by atoms with Crippen molar-refractivity contribution in [3.63, 3.8) is 0 Å². The van der Waals surface area contributed by atoms with Gasteiger partial charge >= 0.3 is 0 Å². The number of pyridine rings is 1. The van der Waals surface area contributed by atoms with Crippen LogP contribution in [0.1, 0.15) is 25.1 Å². The molecule has 3 heteroatoms. The molecule has 0 spiro atoms. The van der Waals surface area contributed by atoms with Gasteiger partial charge in [0.25, 0.3) is 0 Å². The second-order valence-electron chi connectivity index (χ2n) is 11.7. The third kappa shape index (κ3) is 6.67. The fourth-order valence-corrected chi connectivity index (χ4v) is 5.93. The van der Waals surface area contributed by atoms with Gasteiger partial charge in [0.05, 0.1) is 11.4 Å². The van der Waals surface area contributed by atoms with E-state index in [1.165, 1.54) is 27.5 Å². The summed E-state index contributed by atoms with van der Waals surface area (Å²) in [5.74, 6) is 0.693. The van der Waals surface area contributed by atoms with E-state index in [0.29, 0.717) is 5.82 Å². The molecule has 0 aliphatic rings. The molecule has 7 aromatic rings. The van der Waals surface area contributed by atoms with Crippen molar-refractivity contribution in [2.45, 2.75) is 13.8 Å². The maximum Gasteiger partial charge on any atom is 0.160 e. The van der Waals surface area contributed by atoms with E-state index in [4.69, 9.17) is 9.97 Å². The molecule has 0 aliphatic carbocycles. The number of fused-ring (bicyclic) bond motifs is 1. The van der Waals surface area contributed by atoms with Gasteiger partial charge in [0.15, 0.2) is 5.82 Å². The van der Waals surface area contributed by atoms with Crippen LogP contribution in [0.25, 0.3) is 66.8 Å². The molecule has 0 amide bonds. The van der Waals surface area contributed by atoms with Crippen molar-refractivity contribution in [1.82, 2.24) is 15.0 Å². The molecule has 0 atom stereocenters. The van der Waals surface area contributed by atoms with Gasteiger partial charge < -0.3 is 0 Å². The quantitative estimate of drug-likeness (QED) is 0.159. The second kappa shape index (κ2) is 14.1. The molecular formula is C45H35N3. The molecule has 0 fully saturated rings. The van der Waals surface area contributed by atoms with Crippen molar-refractivity contribution < 1.29 is 0 Å². The van der Waals surface area contributed by atoms with Gasteiger partial charge in [-0.05, 0) is 75.7 Å². The fourth-order valence-electron chi connectivity index (χ4n) is 5.93. The molecule has 0 unspecified atom stereocenters. The smallest absolute Gasteiger partial charge is 0.160 e. The van der Waals surface area contributed by atoms with E-state index in [0.717, 1.165) is 44.8 Å². The summed E-state index contributed by atoms with van der Waals surface area (Å²) in [6.07, 6.45) is 12.1. The van der Waals surface area contributed by atoms with Gasteiger partial charge in [-0.25, -0.2) is 9.97 Å². The highest BCUT2D eigenvalue weighted by Crippen LogP contribution is 2.32. The number of benzene rings is 5. The Kier molecular flexibility index (Phi) is 8.93. The molecule has 48 heavy (non-hydrogen) atoms. The summed E-state index contributed by atoms with van der Waals surface area (Å²) in [6.45, 7) is 4.13. The Morgan fingerprint density at radius 2 is 1.27 bits per heavy atom. The summed E-state index contributed by atoms with van der Waals surface area (Å²) in [5, 5.41) is 2.48. The first-order chi connectivity index (χ1) is 23.7. The predicted molar refractivity (Wildman–Crippen MR) is 202 cm³/mol. The summed E-state index contributed by atoms with van der Waals surface area (Å²) in [5.41, 5.74) is 11.7. The monoisotopic (exact) mass is 617 g/mol. The highest BCUT2D eigenvalue weighted by Gasteiger charge is 2.12. The number of aromatic nitrogens is 3. The van der Waals surface area contributed by atoms with Crippen LogP contribution in [0.4, 0.5) is 0 Å². The van der Waals surface area contributed by atoms with Crippen molar-refractivity contribution in [2.24, 2.45) is 0 Å². The van der Waals surface area contributed by atoms with E-state index in [1.54, 1.807) is 6.20 Å². The highest BCUT2D eigenvalue weighted by atomic mass is 14.9. The van der Waals surface area contributed by atoms with Gasteiger partial charge in [-0.2, -0.15) is 0 Å². The average Bonchev–Trinajstić information content (AvgIpc) is 3.17. The van der Waals surface area contributed by atoms with Crippen molar-refractivity contribution in [3.8, 4) is 44.9 Å². The van der Waals surface area contributed by atoms with E-state index < -0.39 is 0 Å². The van der Waals surface area contributed by atoms with E-state index in [2.05, 4.69) is 158 Å². The lowest BCUT2D eigenvalue weighted by atomic mass is 9.97. The van der Waals surface area contributed by atoms with Gasteiger partial charge in [-0.3, -0.25) is 4.98 Å². The zero-order chi connectivity index (χ0) is 32.7. The largest absolute Gasteiger partial charge is 0.264 e. The minimum atomic E-state index is 0.693. The first-order valence-corrected chi connectivity index (χ1v) is 16.2. The van der Waals surface area contributed by atoms with Crippen LogP contribution in [0.5, 0.6) is 0 Å². The lowest BCUT2D eigenvalue weighted by Gasteiger charge is -2.11. The molecular weight excluding hydrogens is 583 g/mol. The normalized spacial score (nSPS) is 12.1. The topological polar surface area (TPSA) is 38.7 Å². The molecule has 0 bridgehead atoms. The summed E-state index contributed by atoms with van der Waals surface area (Å²) in [7, 11) is 0. The molecule has 0 saturated carbocycles. The van der Waals surface area contributed by atoms with Gasteiger partial charge in [-0.1, -0.05) is 152 Å². The molecule has 5 aromatic carbocycles. The Labute approximate surface area is 282 Å². The number of nitrogens with zero attached hydrogens (tertiary/aromatic N) is 3. The zero-order valence-electron chi connectivity index (χ0n) is 27.1. The van der Waals surface area contributed by atoms with E-state index in [9.17, 15) is 0 Å². The Bertz CT molecular complexity index is 2260. The van der Waals surface area contributed by atoms with Crippen molar-refractivity contribution in [1.29, 1.82) is 0 Å².